The standard InChI is InChI=1S/C17H23F6IO3/c1-9(24)11-12(25-2)10-5-3-4-6-14(10)7-8-15(14,26-11)27-13(16(18,19)20)17(21,22)23/h9-13H,3-8H2,1-2H3/t9-,10?,11?,12?,14?,15?/m0/s1. The van der Waals surface area contributed by atoms with Gasteiger partial charge in [0.1, 0.15) is 0 Å². The first kappa shape index (κ1) is 21.9. The van der Waals surface area contributed by atoms with Crippen LogP contribution in [0.2, 0.25) is 0 Å². The van der Waals surface area contributed by atoms with Gasteiger partial charge in [-0.3, -0.25) is 0 Å². The smallest absolute Gasteiger partial charge is 0.378 e. The summed E-state index contributed by atoms with van der Waals surface area (Å²) < 4.78 is 95.5. The zero-order valence-electron chi connectivity index (χ0n) is 15.0. The highest BCUT2D eigenvalue weighted by Crippen LogP contribution is 2.68. The molecule has 0 bridgehead atoms. The first-order chi connectivity index (χ1) is 12.4. The zero-order valence-corrected chi connectivity index (χ0v) is 17.2. The molecule has 0 amide bonds. The summed E-state index contributed by atoms with van der Waals surface area (Å²) in [5, 5.41) is 0. The van der Waals surface area contributed by atoms with Gasteiger partial charge in [-0.15, -0.1) is 0 Å². The van der Waals surface area contributed by atoms with Crippen molar-refractivity contribution in [2.24, 2.45) is 11.3 Å². The van der Waals surface area contributed by atoms with Gasteiger partial charge in [-0.1, -0.05) is 42.4 Å². The molecule has 6 atom stereocenters. The minimum atomic E-state index is -5.55. The fraction of sp³-hybridized carbons (Fsp3) is 1.00. The van der Waals surface area contributed by atoms with Crippen molar-refractivity contribution in [2.75, 3.05) is 7.11 Å². The molecule has 0 aromatic carbocycles. The lowest BCUT2D eigenvalue weighted by molar-refractivity contribution is -0.470. The van der Waals surface area contributed by atoms with Gasteiger partial charge in [-0.25, -0.2) is 0 Å². The molecule has 1 spiro atoms. The van der Waals surface area contributed by atoms with Crippen molar-refractivity contribution in [1.82, 2.24) is 0 Å². The molecule has 3 fully saturated rings. The number of halogens is 7. The lowest BCUT2D eigenvalue weighted by Gasteiger charge is -2.69. The summed E-state index contributed by atoms with van der Waals surface area (Å²) in [6.45, 7) is 1.81. The Morgan fingerprint density at radius 3 is 2.11 bits per heavy atom. The van der Waals surface area contributed by atoms with E-state index in [-0.39, 0.29) is 22.4 Å². The monoisotopic (exact) mass is 516 g/mol. The Hall–Kier alpha value is 0.190. The average Bonchev–Trinajstić information content (AvgIpc) is 2.53. The Balaban J connectivity index is 2.01. The van der Waals surface area contributed by atoms with Crippen LogP contribution >= 0.6 is 22.6 Å². The quantitative estimate of drug-likeness (QED) is 0.285. The summed E-state index contributed by atoms with van der Waals surface area (Å²) in [7, 11) is 1.52. The van der Waals surface area contributed by atoms with E-state index in [1.165, 1.54) is 7.11 Å². The van der Waals surface area contributed by atoms with Gasteiger partial charge < -0.3 is 14.2 Å². The Labute approximate surface area is 167 Å². The molecule has 27 heavy (non-hydrogen) atoms. The first-order valence-corrected chi connectivity index (χ1v) is 10.3. The number of ether oxygens (including phenoxy) is 3. The van der Waals surface area contributed by atoms with E-state index in [0.717, 1.165) is 12.8 Å². The van der Waals surface area contributed by atoms with Crippen molar-refractivity contribution < 1.29 is 40.6 Å². The average molecular weight is 516 g/mol. The fourth-order valence-corrected chi connectivity index (χ4v) is 5.79. The maximum atomic E-state index is 13.2. The molecule has 3 aliphatic rings. The SMILES string of the molecule is COC1C([C@H](C)I)OC2(OC(C(F)(F)F)C(F)(F)F)CCC23CCCCC13. The molecule has 2 saturated carbocycles. The van der Waals surface area contributed by atoms with E-state index in [1.54, 1.807) is 0 Å². The molecule has 3 nitrogen and oxygen atoms in total. The van der Waals surface area contributed by atoms with Crippen LogP contribution in [-0.4, -0.2) is 47.5 Å². The van der Waals surface area contributed by atoms with Gasteiger partial charge in [-0.05, 0) is 25.2 Å². The predicted molar refractivity (Wildman–Crippen MR) is 92.5 cm³/mol. The largest absolute Gasteiger partial charge is 0.423 e. The number of alkyl halides is 7. The fourth-order valence-electron chi connectivity index (χ4n) is 5.24. The molecule has 0 radical (unpaired) electrons. The van der Waals surface area contributed by atoms with E-state index < -0.39 is 35.8 Å². The van der Waals surface area contributed by atoms with Crippen LogP contribution in [0, 0.1) is 11.3 Å². The van der Waals surface area contributed by atoms with Gasteiger partial charge in [0, 0.05) is 22.9 Å². The molecule has 1 aliphatic heterocycles. The van der Waals surface area contributed by atoms with E-state index in [0.29, 0.717) is 19.3 Å². The molecule has 2 aliphatic carbocycles. The Bertz CT molecular complexity index is 540. The summed E-state index contributed by atoms with van der Waals surface area (Å²) in [6, 6.07) is 0. The lowest BCUT2D eigenvalue weighted by atomic mass is 9.48. The van der Waals surface area contributed by atoms with Gasteiger partial charge in [-0.2, -0.15) is 26.3 Å². The molecular weight excluding hydrogens is 493 g/mol. The minimum absolute atomic E-state index is 0.0302. The maximum absolute atomic E-state index is 13.2. The van der Waals surface area contributed by atoms with Crippen LogP contribution in [0.3, 0.4) is 0 Å². The summed E-state index contributed by atoms with van der Waals surface area (Å²) in [5.41, 5.74) is -0.858. The van der Waals surface area contributed by atoms with Crippen LogP contribution < -0.4 is 0 Å². The molecule has 0 aromatic heterocycles. The van der Waals surface area contributed by atoms with Gasteiger partial charge >= 0.3 is 12.4 Å². The summed E-state index contributed by atoms with van der Waals surface area (Å²) in [5.74, 6) is -2.05. The van der Waals surface area contributed by atoms with Crippen molar-refractivity contribution in [3.05, 3.63) is 0 Å². The third-order valence-corrected chi connectivity index (χ3v) is 7.14. The highest BCUT2D eigenvalue weighted by atomic mass is 127. The summed E-state index contributed by atoms with van der Waals surface area (Å²) in [6.07, 6.45) is -12.7. The second-order valence-corrected chi connectivity index (χ2v) is 9.77. The second-order valence-electron chi connectivity index (χ2n) is 7.80. The Morgan fingerprint density at radius 2 is 1.67 bits per heavy atom. The molecule has 1 heterocycles. The topological polar surface area (TPSA) is 27.7 Å². The predicted octanol–water partition coefficient (Wildman–Crippen LogP) is 5.40. The summed E-state index contributed by atoms with van der Waals surface area (Å²) >= 11 is 2.07. The van der Waals surface area contributed by atoms with Crippen LogP contribution in [0.5, 0.6) is 0 Å². The highest BCUT2D eigenvalue weighted by Gasteiger charge is 2.74. The number of rotatable bonds is 4. The molecule has 3 rings (SSSR count). The van der Waals surface area contributed by atoms with E-state index in [1.807, 2.05) is 6.92 Å². The number of hydrogen-bond acceptors (Lipinski definition) is 3. The number of methoxy groups -OCH3 is 1. The molecule has 10 heteroatoms. The van der Waals surface area contributed by atoms with Gasteiger partial charge in [0.2, 0.25) is 0 Å². The van der Waals surface area contributed by atoms with Crippen LogP contribution in [0.4, 0.5) is 26.3 Å². The normalized spacial score (nSPS) is 40.9. The molecule has 158 valence electrons. The van der Waals surface area contributed by atoms with Crippen molar-refractivity contribution in [2.45, 2.75) is 85.8 Å². The maximum Gasteiger partial charge on any atom is 0.423 e. The van der Waals surface area contributed by atoms with Crippen molar-refractivity contribution in [1.29, 1.82) is 0 Å². The zero-order chi connectivity index (χ0) is 20.3. The molecule has 5 unspecified atom stereocenters. The van der Waals surface area contributed by atoms with Crippen LogP contribution in [0.1, 0.15) is 45.4 Å². The van der Waals surface area contributed by atoms with Gasteiger partial charge in [0.15, 0.2) is 5.79 Å². The number of hydrogen-bond donors (Lipinski definition) is 0. The highest BCUT2D eigenvalue weighted by molar-refractivity contribution is 14.1. The molecule has 0 aromatic rings. The Kier molecular flexibility index (Phi) is 5.80. The molecule has 0 N–H and O–H groups in total. The van der Waals surface area contributed by atoms with Crippen molar-refractivity contribution in [3.8, 4) is 0 Å². The van der Waals surface area contributed by atoms with Crippen molar-refractivity contribution in [3.63, 3.8) is 0 Å². The minimum Gasteiger partial charge on any atom is -0.378 e. The van der Waals surface area contributed by atoms with Crippen molar-refractivity contribution >= 4 is 22.6 Å². The second kappa shape index (κ2) is 7.16. The lowest BCUT2D eigenvalue weighted by Crippen LogP contribution is -2.75. The first-order valence-electron chi connectivity index (χ1n) is 9.04. The van der Waals surface area contributed by atoms with Gasteiger partial charge in [0.25, 0.3) is 6.10 Å². The van der Waals surface area contributed by atoms with Crippen LogP contribution in [0.25, 0.3) is 0 Å². The molecule has 1 saturated heterocycles. The van der Waals surface area contributed by atoms with E-state index in [4.69, 9.17) is 14.2 Å². The third kappa shape index (κ3) is 3.50. The van der Waals surface area contributed by atoms with Gasteiger partial charge in [0.05, 0.1) is 12.2 Å². The van der Waals surface area contributed by atoms with E-state index >= 15 is 0 Å². The van der Waals surface area contributed by atoms with Crippen LogP contribution in [-0.2, 0) is 14.2 Å². The third-order valence-electron chi connectivity index (χ3n) is 6.43. The summed E-state index contributed by atoms with van der Waals surface area (Å²) in [4.78, 5) is 0. The van der Waals surface area contributed by atoms with E-state index in [9.17, 15) is 26.3 Å². The van der Waals surface area contributed by atoms with Crippen LogP contribution in [0.15, 0.2) is 0 Å². The Morgan fingerprint density at radius 1 is 1.04 bits per heavy atom. The molecular formula is C17H23F6IO3. The van der Waals surface area contributed by atoms with E-state index in [2.05, 4.69) is 22.6 Å².